The Balaban J connectivity index is 2.42. The van der Waals surface area contributed by atoms with E-state index in [1.807, 2.05) is 6.07 Å². The van der Waals surface area contributed by atoms with E-state index in [4.69, 9.17) is 5.26 Å². The van der Waals surface area contributed by atoms with Crippen molar-refractivity contribution in [3.05, 3.63) is 48.9 Å². The van der Waals surface area contributed by atoms with Crippen LogP contribution in [0.1, 0.15) is 5.56 Å². The highest BCUT2D eigenvalue weighted by Gasteiger charge is 2.09. The zero-order valence-electron chi connectivity index (χ0n) is 9.68. The van der Waals surface area contributed by atoms with Crippen LogP contribution in [-0.4, -0.2) is 14.8 Å². The number of aromatic nitrogens is 3. The molecule has 2 aromatic rings. The Kier molecular flexibility index (Phi) is 3.87. The number of H-pyrrole nitrogens is 1. The molecule has 0 unspecified atom stereocenters. The second-order valence-corrected chi connectivity index (χ2v) is 5.42. The molecule has 0 bridgehead atoms. The maximum Gasteiger partial charge on any atom is 0.339 e. The number of nitrogens with zero attached hydrogens (tertiary/aromatic N) is 3. The van der Waals surface area contributed by atoms with E-state index >= 15 is 0 Å². The molecule has 0 aliphatic carbocycles. The fraction of sp³-hybridized carbons (Fsp3) is 0.0909. The number of rotatable bonds is 2. The van der Waals surface area contributed by atoms with Crippen LogP contribution in [0.4, 0.5) is 0 Å². The van der Waals surface area contributed by atoms with Crippen LogP contribution < -0.4 is 11.1 Å². The molecule has 96 valence electrons. The molecule has 1 heterocycles. The number of nitriles is 1. The van der Waals surface area contributed by atoms with Crippen molar-refractivity contribution in [2.24, 2.45) is 7.05 Å². The molecular formula is C11H7BrN4O2S. The normalized spacial score (nSPS) is 10.2. The van der Waals surface area contributed by atoms with E-state index in [0.29, 0.717) is 10.7 Å². The van der Waals surface area contributed by atoms with Crippen molar-refractivity contribution in [1.82, 2.24) is 14.8 Å². The van der Waals surface area contributed by atoms with Crippen LogP contribution in [0.5, 0.6) is 0 Å². The number of halogens is 1. The summed E-state index contributed by atoms with van der Waals surface area (Å²) in [6.45, 7) is 0. The highest BCUT2D eigenvalue weighted by atomic mass is 79.9. The molecule has 0 aliphatic heterocycles. The number of hydrogen-bond donors (Lipinski definition) is 1. The van der Waals surface area contributed by atoms with Crippen LogP contribution in [0.15, 0.2) is 42.3 Å². The van der Waals surface area contributed by atoms with E-state index in [9.17, 15) is 9.59 Å². The van der Waals surface area contributed by atoms with Crippen LogP contribution >= 0.6 is 27.7 Å². The van der Waals surface area contributed by atoms with Crippen molar-refractivity contribution in [2.75, 3.05) is 0 Å². The monoisotopic (exact) mass is 338 g/mol. The van der Waals surface area contributed by atoms with Crippen LogP contribution in [0, 0.1) is 11.3 Å². The summed E-state index contributed by atoms with van der Waals surface area (Å²) >= 11 is 4.55. The lowest BCUT2D eigenvalue weighted by Crippen LogP contribution is -2.33. The average Bonchev–Trinajstić information content (AvgIpc) is 2.38. The molecule has 0 aliphatic rings. The first-order valence-electron chi connectivity index (χ1n) is 5.06. The van der Waals surface area contributed by atoms with Crippen LogP contribution in [0.2, 0.25) is 0 Å². The van der Waals surface area contributed by atoms with E-state index in [1.165, 1.54) is 16.4 Å². The van der Waals surface area contributed by atoms with Gasteiger partial charge in [0.2, 0.25) is 0 Å². The summed E-state index contributed by atoms with van der Waals surface area (Å²) in [5.74, 6) is 0. The lowest BCUT2D eigenvalue weighted by Gasteiger charge is -2.07. The maximum atomic E-state index is 11.2. The summed E-state index contributed by atoms with van der Waals surface area (Å²) in [5, 5.41) is 11.5. The third-order valence-corrected chi connectivity index (χ3v) is 4.25. The zero-order valence-corrected chi connectivity index (χ0v) is 12.1. The lowest BCUT2D eigenvalue weighted by atomic mass is 10.2. The van der Waals surface area contributed by atoms with Gasteiger partial charge in [0.25, 0.3) is 0 Å². The smallest absolute Gasteiger partial charge is 0.265 e. The van der Waals surface area contributed by atoms with Gasteiger partial charge in [0, 0.05) is 16.4 Å². The first-order valence-corrected chi connectivity index (χ1v) is 6.67. The average molecular weight is 339 g/mol. The van der Waals surface area contributed by atoms with Gasteiger partial charge in [-0.05, 0) is 45.9 Å². The van der Waals surface area contributed by atoms with Crippen molar-refractivity contribution in [1.29, 1.82) is 5.26 Å². The van der Waals surface area contributed by atoms with Gasteiger partial charge < -0.3 is 0 Å². The van der Waals surface area contributed by atoms with Gasteiger partial charge in [-0.3, -0.25) is 19.4 Å². The number of nitrogens with one attached hydrogen (secondary N) is 1. The zero-order chi connectivity index (χ0) is 14.0. The number of aryl methyl sites for hydroxylation is 1. The molecule has 1 N–H and O–H groups in total. The molecule has 0 saturated carbocycles. The van der Waals surface area contributed by atoms with Gasteiger partial charge >= 0.3 is 11.1 Å². The molecule has 0 atom stereocenters. The quantitative estimate of drug-likeness (QED) is 0.832. The molecule has 6 nitrogen and oxygen atoms in total. The van der Waals surface area contributed by atoms with Gasteiger partial charge in [-0.1, -0.05) is 0 Å². The minimum atomic E-state index is -0.828. The Morgan fingerprint density at radius 1 is 1.47 bits per heavy atom. The lowest BCUT2D eigenvalue weighted by molar-refractivity contribution is 0.596. The Hall–Kier alpha value is -1.85. The van der Waals surface area contributed by atoms with Gasteiger partial charge in [-0.2, -0.15) is 10.2 Å². The molecule has 0 spiro atoms. The van der Waals surface area contributed by atoms with Gasteiger partial charge in [0.05, 0.1) is 11.6 Å². The van der Waals surface area contributed by atoms with E-state index in [-0.39, 0.29) is 0 Å². The van der Waals surface area contributed by atoms with Crippen molar-refractivity contribution in [3.63, 3.8) is 0 Å². The van der Waals surface area contributed by atoms with Crippen LogP contribution in [-0.2, 0) is 7.05 Å². The highest BCUT2D eigenvalue weighted by molar-refractivity contribution is 9.10. The number of benzene rings is 1. The predicted octanol–water partition coefficient (Wildman–Crippen LogP) is 1.25. The van der Waals surface area contributed by atoms with Crippen LogP contribution in [0.25, 0.3) is 0 Å². The Morgan fingerprint density at radius 3 is 2.84 bits per heavy atom. The number of aromatic amines is 1. The summed E-state index contributed by atoms with van der Waals surface area (Å²) in [5.41, 5.74) is -1.06. The second kappa shape index (κ2) is 5.42. The standard InChI is InChI=1S/C11H7BrN4O2S/c1-16-11(14-9(17)10(18)15-16)19-8-3-2-6(5-13)4-7(8)12/h2-4H,1H3,(H,15,18). The van der Waals surface area contributed by atoms with Crippen molar-refractivity contribution in [2.45, 2.75) is 10.1 Å². The van der Waals surface area contributed by atoms with Crippen molar-refractivity contribution >= 4 is 27.7 Å². The molecule has 19 heavy (non-hydrogen) atoms. The number of hydrogen-bond acceptors (Lipinski definition) is 5. The fourth-order valence-electron chi connectivity index (χ4n) is 1.30. The molecule has 2 rings (SSSR count). The summed E-state index contributed by atoms with van der Waals surface area (Å²) in [4.78, 5) is 26.8. The van der Waals surface area contributed by atoms with Gasteiger partial charge in [-0.15, -0.1) is 0 Å². The SMILES string of the molecule is Cn1[nH]c(=O)c(=O)nc1Sc1ccc(C#N)cc1Br. The van der Waals surface area contributed by atoms with E-state index in [0.717, 1.165) is 9.37 Å². The van der Waals surface area contributed by atoms with Crippen molar-refractivity contribution < 1.29 is 0 Å². The van der Waals surface area contributed by atoms with Crippen molar-refractivity contribution in [3.8, 4) is 6.07 Å². The molecule has 0 radical (unpaired) electrons. The summed E-state index contributed by atoms with van der Waals surface area (Å²) in [6.07, 6.45) is 0. The summed E-state index contributed by atoms with van der Waals surface area (Å²) in [7, 11) is 1.59. The second-order valence-electron chi connectivity index (χ2n) is 3.56. The summed E-state index contributed by atoms with van der Waals surface area (Å²) in [6, 6.07) is 7.11. The molecule has 0 amide bonds. The first kappa shape index (κ1) is 13.6. The Morgan fingerprint density at radius 2 is 2.21 bits per heavy atom. The van der Waals surface area contributed by atoms with E-state index < -0.39 is 11.1 Å². The van der Waals surface area contributed by atoms with Crippen LogP contribution in [0.3, 0.4) is 0 Å². The molecule has 0 saturated heterocycles. The third-order valence-electron chi connectivity index (χ3n) is 2.21. The van der Waals surface area contributed by atoms with Gasteiger partial charge in [-0.25, -0.2) is 0 Å². The Labute approximate surface area is 120 Å². The third kappa shape index (κ3) is 2.94. The first-order chi connectivity index (χ1) is 9.01. The topological polar surface area (TPSA) is 91.5 Å². The Bertz CT molecular complexity index is 791. The predicted molar refractivity (Wildman–Crippen MR) is 73.1 cm³/mol. The van der Waals surface area contributed by atoms with E-state index in [1.54, 1.807) is 25.2 Å². The minimum Gasteiger partial charge on any atom is -0.265 e. The maximum absolute atomic E-state index is 11.2. The van der Waals surface area contributed by atoms with Gasteiger partial charge in [0.1, 0.15) is 0 Å². The molecule has 8 heteroatoms. The molecule has 0 fully saturated rings. The molecule has 1 aromatic carbocycles. The summed E-state index contributed by atoms with van der Waals surface area (Å²) < 4.78 is 2.09. The molecular weight excluding hydrogens is 332 g/mol. The highest BCUT2D eigenvalue weighted by Crippen LogP contribution is 2.31. The molecule has 1 aromatic heterocycles. The largest absolute Gasteiger partial charge is 0.339 e. The fourth-order valence-corrected chi connectivity index (χ4v) is 2.73. The van der Waals surface area contributed by atoms with Gasteiger partial charge in [0.15, 0.2) is 5.16 Å². The van der Waals surface area contributed by atoms with E-state index in [2.05, 4.69) is 26.0 Å². The minimum absolute atomic E-state index is 0.356.